The van der Waals surface area contributed by atoms with Gasteiger partial charge in [0.25, 0.3) is 0 Å². The Morgan fingerprint density at radius 3 is 2.57 bits per heavy atom. The van der Waals surface area contributed by atoms with Gasteiger partial charge >= 0.3 is 0 Å². The van der Waals surface area contributed by atoms with Crippen molar-refractivity contribution in [3.8, 4) is 0 Å². The second-order valence-electron chi connectivity index (χ2n) is 6.92. The van der Waals surface area contributed by atoms with E-state index in [0.29, 0.717) is 11.9 Å². The first-order valence-corrected chi connectivity index (χ1v) is 10.1. The van der Waals surface area contributed by atoms with E-state index in [-0.39, 0.29) is 17.9 Å². The van der Waals surface area contributed by atoms with E-state index < -0.39 is 0 Å². The number of likely N-dealkylation sites (tertiary alicyclic amines) is 1. The molecule has 0 aromatic heterocycles. The second-order valence-corrected chi connectivity index (χ2v) is 8.07. The van der Waals surface area contributed by atoms with E-state index in [1.54, 1.807) is 6.92 Å². The molecule has 0 unspecified atom stereocenters. The van der Waals surface area contributed by atoms with Crippen LogP contribution in [0.1, 0.15) is 39.0 Å². The lowest BCUT2D eigenvalue weighted by Gasteiger charge is -2.37. The summed E-state index contributed by atoms with van der Waals surface area (Å²) in [6.07, 6.45) is 5.13. The van der Waals surface area contributed by atoms with Crippen LogP contribution in [-0.2, 0) is 14.3 Å². The van der Waals surface area contributed by atoms with Crippen molar-refractivity contribution in [2.24, 2.45) is 5.92 Å². The van der Waals surface area contributed by atoms with E-state index in [0.717, 1.165) is 69.9 Å². The van der Waals surface area contributed by atoms with Crippen LogP contribution in [0.15, 0.2) is 0 Å². The van der Waals surface area contributed by atoms with Crippen LogP contribution in [0, 0.1) is 5.92 Å². The summed E-state index contributed by atoms with van der Waals surface area (Å²) in [7, 11) is 0. The third kappa shape index (κ3) is 4.21. The molecule has 0 bridgehead atoms. The van der Waals surface area contributed by atoms with Gasteiger partial charge in [0, 0.05) is 50.9 Å². The number of thioether (sulfide) groups is 1. The van der Waals surface area contributed by atoms with Crippen molar-refractivity contribution in [1.29, 1.82) is 0 Å². The third-order valence-electron chi connectivity index (χ3n) is 5.34. The van der Waals surface area contributed by atoms with Crippen molar-refractivity contribution in [2.45, 2.75) is 51.2 Å². The van der Waals surface area contributed by atoms with Crippen molar-refractivity contribution in [2.75, 3.05) is 37.7 Å². The van der Waals surface area contributed by atoms with Crippen LogP contribution in [0.4, 0.5) is 0 Å². The lowest BCUT2D eigenvalue weighted by atomic mass is 9.94. The van der Waals surface area contributed by atoms with Gasteiger partial charge in [-0.05, 0) is 37.9 Å². The zero-order valence-electron chi connectivity index (χ0n) is 14.0. The maximum absolute atomic E-state index is 13.1. The van der Waals surface area contributed by atoms with Gasteiger partial charge in [-0.1, -0.05) is 0 Å². The summed E-state index contributed by atoms with van der Waals surface area (Å²) >= 11 is 1.95. The molecule has 130 valence electrons. The Morgan fingerprint density at radius 2 is 2.00 bits per heavy atom. The fraction of sp³-hybridized carbons (Fsp3) is 0.882. The number of carbonyl (C=O) groups is 2. The molecule has 0 aliphatic carbocycles. The van der Waals surface area contributed by atoms with E-state index in [2.05, 4.69) is 4.90 Å². The molecule has 3 aliphatic rings. The number of nitrogens with zero attached hydrogens (tertiary/aromatic N) is 2. The lowest BCUT2D eigenvalue weighted by molar-refractivity contribution is -0.143. The molecule has 3 aliphatic heterocycles. The highest BCUT2D eigenvalue weighted by atomic mass is 32.2. The average molecular weight is 340 g/mol. The largest absolute Gasteiger partial charge is 0.376 e. The minimum absolute atomic E-state index is 0.0811. The average Bonchev–Trinajstić information content (AvgIpc) is 3.25. The highest BCUT2D eigenvalue weighted by molar-refractivity contribution is 7.99. The van der Waals surface area contributed by atoms with Gasteiger partial charge in [0.1, 0.15) is 0 Å². The topological polar surface area (TPSA) is 49.9 Å². The Bertz CT molecular complexity index is 426. The van der Waals surface area contributed by atoms with Crippen molar-refractivity contribution < 1.29 is 14.3 Å². The van der Waals surface area contributed by atoms with Crippen LogP contribution in [0.2, 0.25) is 0 Å². The summed E-state index contributed by atoms with van der Waals surface area (Å²) in [6, 6.07) is 0.377. The zero-order valence-corrected chi connectivity index (χ0v) is 14.9. The minimum Gasteiger partial charge on any atom is -0.376 e. The smallest absolute Gasteiger partial charge is 0.226 e. The Balaban J connectivity index is 1.61. The predicted octanol–water partition coefficient (Wildman–Crippen LogP) is 1.76. The molecule has 3 fully saturated rings. The number of carbonyl (C=O) groups excluding carboxylic acids is 2. The zero-order chi connectivity index (χ0) is 16.2. The van der Waals surface area contributed by atoms with E-state index in [4.69, 9.17) is 4.74 Å². The number of hydrogen-bond acceptors (Lipinski definition) is 4. The first-order chi connectivity index (χ1) is 11.1. The molecular weight excluding hydrogens is 312 g/mol. The lowest BCUT2D eigenvalue weighted by Crippen LogP contribution is -2.49. The van der Waals surface area contributed by atoms with Gasteiger partial charge in [0.05, 0.1) is 6.10 Å². The summed E-state index contributed by atoms with van der Waals surface area (Å²) in [5.74, 6) is 2.72. The number of hydrogen-bond donors (Lipinski definition) is 0. The molecule has 0 radical (unpaired) electrons. The maximum atomic E-state index is 13.1. The monoisotopic (exact) mass is 340 g/mol. The fourth-order valence-corrected chi connectivity index (χ4v) is 5.09. The van der Waals surface area contributed by atoms with Gasteiger partial charge in [-0.2, -0.15) is 11.8 Å². The normalized spacial score (nSPS) is 29.0. The standard InChI is InChI=1S/C17H28N2O3S/c1-13(20)18-7-4-14(5-8-18)17(21)19(15-6-10-23-12-15)11-16-3-2-9-22-16/h14-16H,2-12H2,1H3/t15-,16-/m1/s1. The van der Waals surface area contributed by atoms with Crippen molar-refractivity contribution in [1.82, 2.24) is 9.80 Å². The SMILES string of the molecule is CC(=O)N1CCC(C(=O)N(C[C@H]2CCCO2)[C@@H]2CCSC2)CC1. The minimum atomic E-state index is 0.0811. The highest BCUT2D eigenvalue weighted by Crippen LogP contribution is 2.28. The Morgan fingerprint density at radius 1 is 1.22 bits per heavy atom. The van der Waals surface area contributed by atoms with Gasteiger partial charge < -0.3 is 14.5 Å². The molecule has 5 nitrogen and oxygen atoms in total. The van der Waals surface area contributed by atoms with Crippen molar-refractivity contribution in [3.63, 3.8) is 0 Å². The summed E-state index contributed by atoms with van der Waals surface area (Å²) < 4.78 is 5.78. The third-order valence-corrected chi connectivity index (χ3v) is 6.49. The highest BCUT2D eigenvalue weighted by Gasteiger charge is 2.35. The fourth-order valence-electron chi connectivity index (χ4n) is 3.87. The Kier molecular flexibility index (Phi) is 5.85. The molecular formula is C17H28N2O3S. The molecule has 0 N–H and O–H groups in total. The molecule has 23 heavy (non-hydrogen) atoms. The van der Waals surface area contributed by atoms with Crippen LogP contribution >= 0.6 is 11.8 Å². The molecule has 2 atom stereocenters. The van der Waals surface area contributed by atoms with Crippen LogP contribution < -0.4 is 0 Å². The Labute approximate surface area is 143 Å². The van der Waals surface area contributed by atoms with Gasteiger partial charge in [-0.25, -0.2) is 0 Å². The number of piperidine rings is 1. The van der Waals surface area contributed by atoms with Gasteiger partial charge in [-0.3, -0.25) is 9.59 Å². The van der Waals surface area contributed by atoms with Crippen LogP contribution in [0.3, 0.4) is 0 Å². The van der Waals surface area contributed by atoms with Crippen LogP contribution in [0.25, 0.3) is 0 Å². The van der Waals surface area contributed by atoms with Gasteiger partial charge in [0.15, 0.2) is 0 Å². The molecule has 6 heteroatoms. The van der Waals surface area contributed by atoms with Gasteiger partial charge in [0.2, 0.25) is 11.8 Å². The number of amides is 2. The Hall–Kier alpha value is -0.750. The predicted molar refractivity (Wildman–Crippen MR) is 91.4 cm³/mol. The first-order valence-electron chi connectivity index (χ1n) is 8.90. The van der Waals surface area contributed by atoms with E-state index in [1.165, 1.54) is 0 Å². The molecule has 0 aromatic carbocycles. The van der Waals surface area contributed by atoms with E-state index in [1.807, 2.05) is 16.7 Å². The van der Waals surface area contributed by atoms with Crippen molar-refractivity contribution >= 4 is 23.6 Å². The van der Waals surface area contributed by atoms with Crippen LogP contribution in [0.5, 0.6) is 0 Å². The quantitative estimate of drug-likeness (QED) is 0.782. The van der Waals surface area contributed by atoms with Gasteiger partial charge in [-0.15, -0.1) is 0 Å². The van der Waals surface area contributed by atoms with E-state index in [9.17, 15) is 9.59 Å². The maximum Gasteiger partial charge on any atom is 0.226 e. The first kappa shape index (κ1) is 17.1. The van der Waals surface area contributed by atoms with Crippen LogP contribution in [-0.4, -0.2) is 71.5 Å². The molecule has 0 saturated carbocycles. The van der Waals surface area contributed by atoms with E-state index >= 15 is 0 Å². The number of ether oxygens (including phenoxy) is 1. The summed E-state index contributed by atoms with van der Waals surface area (Å²) in [5, 5.41) is 0. The summed E-state index contributed by atoms with van der Waals surface area (Å²) in [5.41, 5.74) is 0. The summed E-state index contributed by atoms with van der Waals surface area (Å²) in [4.78, 5) is 28.6. The molecule has 3 saturated heterocycles. The second kappa shape index (κ2) is 7.88. The molecule has 3 rings (SSSR count). The molecule has 2 amide bonds. The molecule has 0 spiro atoms. The van der Waals surface area contributed by atoms with Crippen molar-refractivity contribution in [3.05, 3.63) is 0 Å². The number of rotatable bonds is 4. The molecule has 0 aromatic rings. The summed E-state index contributed by atoms with van der Waals surface area (Å²) in [6.45, 7) is 4.65. The molecule has 3 heterocycles.